The van der Waals surface area contributed by atoms with Gasteiger partial charge in [-0.05, 0) is 30.5 Å². The number of hydrogen-bond acceptors (Lipinski definition) is 9. The number of amidine groups is 1. The summed E-state index contributed by atoms with van der Waals surface area (Å²) in [6, 6.07) is 2.87. The number of allylic oxidation sites excluding steroid dienone is 1. The van der Waals surface area contributed by atoms with Gasteiger partial charge in [-0.1, -0.05) is 24.2 Å². The van der Waals surface area contributed by atoms with Crippen molar-refractivity contribution in [1.82, 2.24) is 4.90 Å². The van der Waals surface area contributed by atoms with Crippen molar-refractivity contribution in [2.75, 3.05) is 26.3 Å². The minimum Gasteiger partial charge on any atom is -0.507 e. The number of phenols is 1. The molecular weight excluding hydrogens is 430 g/mol. The lowest BCUT2D eigenvalue weighted by Crippen LogP contribution is -2.38. The predicted octanol–water partition coefficient (Wildman–Crippen LogP) is 1.40. The zero-order valence-corrected chi connectivity index (χ0v) is 18.5. The van der Waals surface area contributed by atoms with Crippen LogP contribution in [0, 0.1) is 11.8 Å². The van der Waals surface area contributed by atoms with Gasteiger partial charge in [0.1, 0.15) is 11.5 Å². The monoisotopic (exact) mass is 457 g/mol. The normalized spacial score (nSPS) is 19.8. The van der Waals surface area contributed by atoms with E-state index in [1.165, 1.54) is 6.07 Å². The van der Waals surface area contributed by atoms with Gasteiger partial charge >= 0.3 is 5.97 Å². The average molecular weight is 457 g/mol. The standard InChI is InChI=1S/C23H27N3O7/c1-3-13-7-16(18(27)8-20(13)33-12-21(29)32-4-2)19(28)11-26-9-14-5-6-15(23(24)25-31)22(30)17(14)10-26/h5-9,15,17,27,31H,3-4,10-12H2,1-2H3,(H2,24,25). The number of ketones is 2. The van der Waals surface area contributed by atoms with Crippen LogP contribution in [0.3, 0.4) is 0 Å². The molecule has 0 fully saturated rings. The maximum atomic E-state index is 12.9. The fourth-order valence-corrected chi connectivity index (χ4v) is 3.90. The van der Waals surface area contributed by atoms with Crippen LogP contribution >= 0.6 is 0 Å². The topological polar surface area (TPSA) is 152 Å². The highest BCUT2D eigenvalue weighted by Crippen LogP contribution is 2.33. The molecule has 3 rings (SSSR count). The van der Waals surface area contributed by atoms with Crippen LogP contribution in [0.4, 0.5) is 0 Å². The van der Waals surface area contributed by atoms with E-state index in [0.29, 0.717) is 17.7 Å². The molecule has 0 spiro atoms. The van der Waals surface area contributed by atoms with E-state index in [2.05, 4.69) is 5.16 Å². The van der Waals surface area contributed by atoms with Crippen LogP contribution in [-0.2, 0) is 20.7 Å². The summed E-state index contributed by atoms with van der Waals surface area (Å²) < 4.78 is 10.3. The number of aromatic hydroxyl groups is 1. The van der Waals surface area contributed by atoms with Gasteiger partial charge in [0.05, 0.1) is 30.6 Å². The molecule has 1 heterocycles. The maximum absolute atomic E-state index is 12.9. The number of fused-ring (bicyclic) bond motifs is 1. The molecule has 4 N–H and O–H groups in total. The highest BCUT2D eigenvalue weighted by Gasteiger charge is 2.38. The van der Waals surface area contributed by atoms with E-state index in [9.17, 15) is 19.5 Å². The van der Waals surface area contributed by atoms with E-state index >= 15 is 0 Å². The fraction of sp³-hybridized carbons (Fsp3) is 0.391. The number of carbonyl (C=O) groups is 3. The van der Waals surface area contributed by atoms with Crippen LogP contribution in [0.25, 0.3) is 0 Å². The molecule has 0 bridgehead atoms. The second-order valence-corrected chi connectivity index (χ2v) is 7.72. The van der Waals surface area contributed by atoms with Gasteiger partial charge in [-0.15, -0.1) is 0 Å². The number of benzene rings is 1. The van der Waals surface area contributed by atoms with Crippen molar-refractivity contribution in [3.05, 3.63) is 47.2 Å². The van der Waals surface area contributed by atoms with Crippen molar-refractivity contribution in [2.45, 2.75) is 20.3 Å². The first-order valence-electron chi connectivity index (χ1n) is 10.6. The van der Waals surface area contributed by atoms with Gasteiger partial charge < -0.3 is 30.4 Å². The summed E-state index contributed by atoms with van der Waals surface area (Å²) in [7, 11) is 0. The van der Waals surface area contributed by atoms with Crippen molar-refractivity contribution < 1.29 is 34.2 Å². The third-order valence-electron chi connectivity index (χ3n) is 5.57. The number of phenolic OH excluding ortho intramolecular Hbond substituents is 1. The molecular formula is C23H27N3O7. The van der Waals surface area contributed by atoms with Gasteiger partial charge in [0, 0.05) is 18.8 Å². The van der Waals surface area contributed by atoms with Crippen LogP contribution in [0.1, 0.15) is 29.8 Å². The van der Waals surface area contributed by atoms with E-state index in [1.807, 2.05) is 6.92 Å². The molecule has 0 radical (unpaired) electrons. The molecule has 10 nitrogen and oxygen atoms in total. The Balaban J connectivity index is 1.70. The first kappa shape index (κ1) is 23.8. The van der Waals surface area contributed by atoms with Crippen LogP contribution in [0.5, 0.6) is 11.5 Å². The Morgan fingerprint density at radius 3 is 2.73 bits per heavy atom. The molecule has 0 saturated carbocycles. The highest BCUT2D eigenvalue weighted by atomic mass is 16.6. The van der Waals surface area contributed by atoms with Crippen LogP contribution in [0.2, 0.25) is 0 Å². The third-order valence-corrected chi connectivity index (χ3v) is 5.57. The number of Topliss-reactive ketones (excluding diaryl/α,β-unsaturated/α-hetero) is 2. The van der Waals surface area contributed by atoms with E-state index in [-0.39, 0.29) is 55.0 Å². The van der Waals surface area contributed by atoms with Crippen molar-refractivity contribution in [1.29, 1.82) is 0 Å². The summed E-state index contributed by atoms with van der Waals surface area (Å²) in [6.07, 6.45) is 5.55. The number of aryl methyl sites for hydroxylation is 1. The molecule has 0 aromatic heterocycles. The summed E-state index contributed by atoms with van der Waals surface area (Å²) in [5.41, 5.74) is 7.13. The molecule has 1 aromatic rings. The number of oxime groups is 1. The summed E-state index contributed by atoms with van der Waals surface area (Å²) in [5, 5.41) is 22.2. The quantitative estimate of drug-likeness (QED) is 0.125. The zero-order chi connectivity index (χ0) is 24.1. The molecule has 176 valence electrons. The fourth-order valence-electron chi connectivity index (χ4n) is 3.90. The Hall–Kier alpha value is -3.82. The number of ether oxygens (including phenoxy) is 2. The van der Waals surface area contributed by atoms with Crippen LogP contribution in [0.15, 0.2) is 41.2 Å². The van der Waals surface area contributed by atoms with Gasteiger partial charge in [0.15, 0.2) is 24.0 Å². The number of rotatable bonds is 9. The number of carbonyl (C=O) groups excluding carboxylic acids is 3. The summed E-state index contributed by atoms with van der Waals surface area (Å²) in [4.78, 5) is 38.9. The Morgan fingerprint density at radius 2 is 2.06 bits per heavy atom. The molecule has 2 aliphatic rings. The van der Waals surface area contributed by atoms with Crippen molar-refractivity contribution in [2.24, 2.45) is 22.7 Å². The lowest BCUT2D eigenvalue weighted by molar-refractivity contribution is -0.145. The molecule has 0 amide bonds. The molecule has 1 aliphatic heterocycles. The lowest BCUT2D eigenvalue weighted by Gasteiger charge is -2.22. The van der Waals surface area contributed by atoms with E-state index in [1.54, 1.807) is 36.2 Å². The van der Waals surface area contributed by atoms with Crippen molar-refractivity contribution >= 4 is 23.4 Å². The molecule has 2 unspecified atom stereocenters. The van der Waals surface area contributed by atoms with E-state index in [4.69, 9.17) is 20.4 Å². The summed E-state index contributed by atoms with van der Waals surface area (Å²) in [5.74, 6) is -2.47. The zero-order valence-electron chi connectivity index (χ0n) is 18.5. The minimum absolute atomic E-state index is 0.0465. The largest absolute Gasteiger partial charge is 0.507 e. The second-order valence-electron chi connectivity index (χ2n) is 7.72. The number of esters is 1. The Bertz CT molecular complexity index is 1040. The predicted molar refractivity (Wildman–Crippen MR) is 118 cm³/mol. The summed E-state index contributed by atoms with van der Waals surface area (Å²) in [6.45, 7) is 3.72. The van der Waals surface area contributed by atoms with Crippen molar-refractivity contribution in [3.8, 4) is 11.5 Å². The Labute approximate surface area is 190 Å². The van der Waals surface area contributed by atoms with E-state index < -0.39 is 17.8 Å². The SMILES string of the molecule is CCOC(=O)COc1cc(O)c(C(=O)CN2C=C3C=CC(C(N)=NO)C(=O)C3C2)cc1CC. The van der Waals surface area contributed by atoms with Gasteiger partial charge in [-0.2, -0.15) is 0 Å². The molecule has 33 heavy (non-hydrogen) atoms. The molecule has 1 aliphatic carbocycles. The molecule has 10 heteroatoms. The van der Waals surface area contributed by atoms with Crippen LogP contribution in [-0.4, -0.2) is 64.9 Å². The van der Waals surface area contributed by atoms with Gasteiger partial charge in [-0.3, -0.25) is 9.59 Å². The Kier molecular flexibility index (Phi) is 7.37. The number of nitrogens with zero attached hydrogens (tertiary/aromatic N) is 2. The average Bonchev–Trinajstić information content (AvgIpc) is 3.21. The first-order chi connectivity index (χ1) is 15.8. The van der Waals surface area contributed by atoms with Crippen molar-refractivity contribution in [3.63, 3.8) is 0 Å². The van der Waals surface area contributed by atoms with E-state index in [0.717, 1.165) is 5.57 Å². The lowest BCUT2D eigenvalue weighted by atomic mass is 9.83. The first-order valence-corrected chi connectivity index (χ1v) is 10.6. The minimum atomic E-state index is -0.800. The number of nitrogens with two attached hydrogens (primary N) is 1. The van der Waals surface area contributed by atoms with Gasteiger partial charge in [-0.25, -0.2) is 4.79 Å². The molecule has 1 aromatic carbocycles. The number of hydrogen-bond donors (Lipinski definition) is 3. The smallest absolute Gasteiger partial charge is 0.344 e. The van der Waals surface area contributed by atoms with Crippen LogP contribution < -0.4 is 10.5 Å². The molecule has 2 atom stereocenters. The highest BCUT2D eigenvalue weighted by molar-refractivity contribution is 6.08. The third kappa shape index (κ3) is 5.16. The molecule has 0 saturated heterocycles. The second kappa shape index (κ2) is 10.2. The van der Waals surface area contributed by atoms with Gasteiger partial charge in [0.25, 0.3) is 0 Å². The van der Waals surface area contributed by atoms with Gasteiger partial charge in [0.2, 0.25) is 0 Å². The maximum Gasteiger partial charge on any atom is 0.344 e. The summed E-state index contributed by atoms with van der Waals surface area (Å²) >= 11 is 0. The Morgan fingerprint density at radius 1 is 1.30 bits per heavy atom.